The number of thiocarbonyl (C=S) groups is 1. The summed E-state index contributed by atoms with van der Waals surface area (Å²) in [6.07, 6.45) is 0.945. The third-order valence-corrected chi connectivity index (χ3v) is 3.20. The van der Waals surface area contributed by atoms with Gasteiger partial charge in [-0.3, -0.25) is 0 Å². The summed E-state index contributed by atoms with van der Waals surface area (Å²) in [7, 11) is 0. The molecule has 1 heterocycles. The molecule has 0 amide bonds. The third kappa shape index (κ3) is 3.35. The monoisotopic (exact) mass is 264 g/mol. The minimum atomic E-state index is 0.252. The van der Waals surface area contributed by atoms with Crippen molar-refractivity contribution in [2.24, 2.45) is 5.92 Å². The summed E-state index contributed by atoms with van der Waals surface area (Å²) in [6, 6.07) is 8.39. The van der Waals surface area contributed by atoms with Crippen molar-refractivity contribution in [3.8, 4) is 5.75 Å². The maximum absolute atomic E-state index is 5.63. The van der Waals surface area contributed by atoms with Crippen LogP contribution in [0.5, 0.6) is 5.75 Å². The highest BCUT2D eigenvalue weighted by Crippen LogP contribution is 2.31. The zero-order chi connectivity index (χ0) is 13.0. The van der Waals surface area contributed by atoms with Crippen molar-refractivity contribution in [2.75, 3.05) is 13.2 Å². The maximum atomic E-state index is 5.63. The molecular formula is C14H20N2OS. The lowest BCUT2D eigenvalue weighted by Crippen LogP contribution is -2.40. The van der Waals surface area contributed by atoms with E-state index in [9.17, 15) is 0 Å². The van der Waals surface area contributed by atoms with Crippen molar-refractivity contribution in [1.29, 1.82) is 0 Å². The van der Waals surface area contributed by atoms with E-state index in [4.69, 9.17) is 17.0 Å². The normalized spacial score (nSPS) is 17.8. The molecule has 1 aromatic carbocycles. The molecule has 18 heavy (non-hydrogen) atoms. The molecule has 2 N–H and O–H groups in total. The van der Waals surface area contributed by atoms with Gasteiger partial charge in [-0.1, -0.05) is 32.0 Å². The van der Waals surface area contributed by atoms with Gasteiger partial charge in [-0.05, 0) is 24.2 Å². The Bertz CT molecular complexity index is 420. The van der Waals surface area contributed by atoms with E-state index in [-0.39, 0.29) is 6.04 Å². The second kappa shape index (κ2) is 6.05. The molecule has 0 radical (unpaired) electrons. The summed E-state index contributed by atoms with van der Waals surface area (Å²) in [6.45, 7) is 5.97. The molecule has 2 rings (SSSR count). The highest BCUT2D eigenvalue weighted by molar-refractivity contribution is 7.80. The topological polar surface area (TPSA) is 33.3 Å². The van der Waals surface area contributed by atoms with Crippen LogP contribution in [0.4, 0.5) is 0 Å². The predicted molar refractivity (Wildman–Crippen MR) is 77.9 cm³/mol. The lowest BCUT2D eigenvalue weighted by molar-refractivity contribution is 0.262. The lowest BCUT2D eigenvalue weighted by Gasteiger charge is -2.27. The number of hydrogen-bond acceptors (Lipinski definition) is 2. The van der Waals surface area contributed by atoms with Crippen LogP contribution in [0, 0.1) is 5.92 Å². The SMILES string of the molecule is CC(C)CNC(=S)NC1CCOc2ccccc21. The van der Waals surface area contributed by atoms with Gasteiger partial charge in [0.25, 0.3) is 0 Å². The molecule has 0 saturated heterocycles. The van der Waals surface area contributed by atoms with Crippen molar-refractivity contribution in [3.05, 3.63) is 29.8 Å². The van der Waals surface area contributed by atoms with Crippen LogP contribution in [0.3, 0.4) is 0 Å². The van der Waals surface area contributed by atoms with Gasteiger partial charge in [0.15, 0.2) is 5.11 Å². The fraction of sp³-hybridized carbons (Fsp3) is 0.500. The van der Waals surface area contributed by atoms with Crippen molar-refractivity contribution in [3.63, 3.8) is 0 Å². The molecule has 0 saturated carbocycles. The van der Waals surface area contributed by atoms with Crippen LogP contribution in [-0.2, 0) is 0 Å². The van der Waals surface area contributed by atoms with Gasteiger partial charge in [-0.15, -0.1) is 0 Å². The molecule has 1 aliphatic rings. The first-order chi connectivity index (χ1) is 8.66. The summed E-state index contributed by atoms with van der Waals surface area (Å²) < 4.78 is 5.63. The van der Waals surface area contributed by atoms with Gasteiger partial charge in [0.1, 0.15) is 5.75 Å². The van der Waals surface area contributed by atoms with Gasteiger partial charge in [0, 0.05) is 18.5 Å². The summed E-state index contributed by atoms with van der Waals surface area (Å²) in [5.41, 5.74) is 1.19. The number of benzene rings is 1. The average molecular weight is 264 g/mol. The molecule has 98 valence electrons. The van der Waals surface area contributed by atoms with Gasteiger partial charge in [0.05, 0.1) is 12.6 Å². The van der Waals surface area contributed by atoms with E-state index < -0.39 is 0 Å². The molecule has 0 spiro atoms. The third-order valence-electron chi connectivity index (χ3n) is 2.93. The molecule has 3 nitrogen and oxygen atoms in total. The van der Waals surface area contributed by atoms with Crippen LogP contribution in [0.15, 0.2) is 24.3 Å². The molecule has 0 aromatic heterocycles. The molecule has 1 aromatic rings. The number of hydrogen-bond donors (Lipinski definition) is 2. The van der Waals surface area contributed by atoms with E-state index in [1.54, 1.807) is 0 Å². The van der Waals surface area contributed by atoms with E-state index in [2.05, 4.69) is 30.5 Å². The Morgan fingerprint density at radius 3 is 3.00 bits per heavy atom. The quantitative estimate of drug-likeness (QED) is 0.822. The van der Waals surface area contributed by atoms with Crippen molar-refractivity contribution in [2.45, 2.75) is 26.3 Å². The number of ether oxygens (including phenoxy) is 1. The van der Waals surface area contributed by atoms with Crippen molar-refractivity contribution < 1.29 is 4.74 Å². The van der Waals surface area contributed by atoms with Crippen LogP contribution < -0.4 is 15.4 Å². The Morgan fingerprint density at radius 1 is 1.44 bits per heavy atom. The standard InChI is InChI=1S/C14H20N2OS/c1-10(2)9-15-14(18)16-12-7-8-17-13-6-4-3-5-11(12)13/h3-6,10,12H,7-9H2,1-2H3,(H2,15,16,18). The van der Waals surface area contributed by atoms with Crippen LogP contribution in [0.1, 0.15) is 31.9 Å². The first-order valence-corrected chi connectivity index (χ1v) is 6.83. The lowest BCUT2D eigenvalue weighted by atomic mass is 10.0. The molecule has 4 heteroatoms. The predicted octanol–water partition coefficient (Wildman–Crippen LogP) is 2.63. The highest BCUT2D eigenvalue weighted by Gasteiger charge is 2.21. The van der Waals surface area contributed by atoms with E-state index in [1.807, 2.05) is 18.2 Å². The van der Waals surface area contributed by atoms with Gasteiger partial charge in [0.2, 0.25) is 0 Å². The Balaban J connectivity index is 1.96. The number of fused-ring (bicyclic) bond motifs is 1. The van der Waals surface area contributed by atoms with Crippen LogP contribution in [0.2, 0.25) is 0 Å². The molecule has 1 atom stereocenters. The Kier molecular flexibility index (Phi) is 4.42. The summed E-state index contributed by atoms with van der Waals surface area (Å²) in [4.78, 5) is 0. The molecule has 0 fully saturated rings. The summed E-state index contributed by atoms with van der Waals surface area (Å²) >= 11 is 5.32. The molecular weight excluding hydrogens is 244 g/mol. The van der Waals surface area contributed by atoms with E-state index in [0.29, 0.717) is 5.92 Å². The minimum absolute atomic E-state index is 0.252. The second-order valence-electron chi connectivity index (χ2n) is 4.98. The van der Waals surface area contributed by atoms with Gasteiger partial charge >= 0.3 is 0 Å². The first kappa shape index (κ1) is 13.1. The second-order valence-corrected chi connectivity index (χ2v) is 5.38. The smallest absolute Gasteiger partial charge is 0.166 e. The van der Waals surface area contributed by atoms with Gasteiger partial charge < -0.3 is 15.4 Å². The molecule has 1 aliphatic heterocycles. The zero-order valence-electron chi connectivity index (χ0n) is 10.9. The van der Waals surface area contributed by atoms with Gasteiger partial charge in [-0.25, -0.2) is 0 Å². The van der Waals surface area contributed by atoms with Gasteiger partial charge in [-0.2, -0.15) is 0 Å². The first-order valence-electron chi connectivity index (χ1n) is 6.43. The van der Waals surface area contributed by atoms with E-state index in [0.717, 1.165) is 30.4 Å². The fourth-order valence-corrected chi connectivity index (χ4v) is 2.22. The fourth-order valence-electron chi connectivity index (χ4n) is 2.00. The van der Waals surface area contributed by atoms with Crippen molar-refractivity contribution in [1.82, 2.24) is 10.6 Å². The minimum Gasteiger partial charge on any atom is -0.493 e. The van der Waals surface area contributed by atoms with E-state index in [1.165, 1.54) is 5.56 Å². The van der Waals surface area contributed by atoms with Crippen LogP contribution >= 0.6 is 12.2 Å². The summed E-state index contributed by atoms with van der Waals surface area (Å²) in [5, 5.41) is 7.34. The molecule has 0 aliphatic carbocycles. The number of para-hydroxylation sites is 1. The summed E-state index contributed by atoms with van der Waals surface area (Å²) in [5.74, 6) is 1.56. The van der Waals surface area contributed by atoms with Crippen LogP contribution in [-0.4, -0.2) is 18.3 Å². The molecule has 1 unspecified atom stereocenters. The molecule has 0 bridgehead atoms. The Hall–Kier alpha value is -1.29. The number of nitrogens with one attached hydrogen (secondary N) is 2. The zero-order valence-corrected chi connectivity index (χ0v) is 11.7. The maximum Gasteiger partial charge on any atom is 0.166 e. The van der Waals surface area contributed by atoms with Crippen LogP contribution in [0.25, 0.3) is 0 Å². The van der Waals surface area contributed by atoms with Crippen molar-refractivity contribution >= 4 is 17.3 Å². The van der Waals surface area contributed by atoms with E-state index >= 15 is 0 Å². The number of rotatable bonds is 3. The average Bonchev–Trinajstić information content (AvgIpc) is 2.37. The Morgan fingerprint density at radius 2 is 2.22 bits per heavy atom. The Labute approximate surface area is 114 Å². The largest absolute Gasteiger partial charge is 0.493 e. The highest BCUT2D eigenvalue weighted by atomic mass is 32.1.